The predicted octanol–water partition coefficient (Wildman–Crippen LogP) is 3.10. The molecule has 0 aliphatic carbocycles. The van der Waals surface area contributed by atoms with Gasteiger partial charge in [-0.2, -0.15) is 8.42 Å². The maximum Gasteiger partial charge on any atom is 0.296 e. The molecule has 0 aliphatic heterocycles. The van der Waals surface area contributed by atoms with Gasteiger partial charge in [-0.05, 0) is 41.8 Å². The largest absolute Gasteiger partial charge is 0.507 e. The first-order valence-electron chi connectivity index (χ1n) is 7.04. The van der Waals surface area contributed by atoms with Crippen LogP contribution >= 0.6 is 0 Å². The molecule has 6 nitrogen and oxygen atoms in total. The Balaban J connectivity index is 0.000000177. The van der Waals surface area contributed by atoms with Crippen LogP contribution in [0.25, 0.3) is 10.8 Å². The number of nitrogens with two attached hydrogens (primary N) is 1. The van der Waals surface area contributed by atoms with E-state index in [1.54, 1.807) is 12.1 Å². The Bertz CT molecular complexity index is 956. The maximum atomic E-state index is 10.5. The summed E-state index contributed by atoms with van der Waals surface area (Å²) in [4.78, 5) is -0.250. The van der Waals surface area contributed by atoms with Gasteiger partial charge in [-0.3, -0.25) is 4.55 Å². The van der Waals surface area contributed by atoms with E-state index in [0.717, 1.165) is 16.5 Å². The van der Waals surface area contributed by atoms with E-state index in [9.17, 15) is 13.5 Å². The summed E-state index contributed by atoms with van der Waals surface area (Å²) in [5.74, 6) is 0.333. The summed E-state index contributed by atoms with van der Waals surface area (Å²) in [5, 5.41) is 14.5. The van der Waals surface area contributed by atoms with Crippen LogP contribution < -0.4 is 11.1 Å². The first-order valence-corrected chi connectivity index (χ1v) is 8.48. The average molecular weight is 346 g/mol. The van der Waals surface area contributed by atoms with E-state index < -0.39 is 10.1 Å². The Morgan fingerprint density at radius 3 is 2.29 bits per heavy atom. The molecule has 0 saturated carbocycles. The van der Waals surface area contributed by atoms with Gasteiger partial charge in [0, 0.05) is 18.1 Å². The molecule has 3 aromatic rings. The normalized spacial score (nSPS) is 10.8. The first-order chi connectivity index (χ1) is 11.3. The molecule has 0 radical (unpaired) electrons. The van der Waals surface area contributed by atoms with Gasteiger partial charge in [0.25, 0.3) is 10.1 Å². The fourth-order valence-electron chi connectivity index (χ4n) is 2.14. The fourth-order valence-corrected chi connectivity index (χ4v) is 2.75. The molecule has 0 bridgehead atoms. The van der Waals surface area contributed by atoms with E-state index in [1.165, 1.54) is 18.2 Å². The third-order valence-electron chi connectivity index (χ3n) is 3.34. The van der Waals surface area contributed by atoms with Crippen LogP contribution in [-0.2, 0) is 10.1 Å². The lowest BCUT2D eigenvalue weighted by Crippen LogP contribution is -2.01. The molecule has 7 heteroatoms. The van der Waals surface area contributed by atoms with E-state index in [4.69, 9.17) is 10.3 Å². The minimum atomic E-state index is -4.16. The number of nitrogen functional groups attached to an aromatic ring is 1. The van der Waals surface area contributed by atoms with Gasteiger partial charge in [-0.25, -0.2) is 0 Å². The zero-order chi connectivity index (χ0) is 17.7. The molecule has 0 fully saturated rings. The second-order valence-corrected chi connectivity index (χ2v) is 6.37. The van der Waals surface area contributed by atoms with E-state index in [0.29, 0.717) is 5.75 Å². The molecule has 0 amide bonds. The standard InChI is InChI=1S/C11H11NO.C6H7NO3S/c1-12-9-5-6-10-8(7-9)3-2-4-11(10)13;7-5-3-1-2-4-6(5)11(8,9)10/h2-7,12-13H,1H3;1-4H,7H2,(H,8,9,10). The second-order valence-electron chi connectivity index (χ2n) is 4.98. The third-order valence-corrected chi connectivity index (χ3v) is 4.27. The number of aromatic hydroxyl groups is 1. The van der Waals surface area contributed by atoms with E-state index in [1.807, 2.05) is 37.4 Å². The molecule has 0 unspecified atom stereocenters. The molecule has 0 saturated heterocycles. The molecule has 24 heavy (non-hydrogen) atoms. The van der Waals surface area contributed by atoms with Crippen molar-refractivity contribution in [2.75, 3.05) is 18.1 Å². The number of phenols is 1. The third kappa shape index (κ3) is 4.15. The average Bonchev–Trinajstić information content (AvgIpc) is 2.54. The highest BCUT2D eigenvalue weighted by Gasteiger charge is 2.11. The van der Waals surface area contributed by atoms with Crippen LogP contribution in [0.1, 0.15) is 0 Å². The van der Waals surface area contributed by atoms with Crippen LogP contribution in [0, 0.1) is 0 Å². The Labute approximate surface area is 140 Å². The number of rotatable bonds is 2. The summed E-state index contributed by atoms with van der Waals surface area (Å²) in [6.07, 6.45) is 0. The van der Waals surface area contributed by atoms with E-state index in [-0.39, 0.29) is 10.6 Å². The van der Waals surface area contributed by atoms with Crippen molar-refractivity contribution in [3.63, 3.8) is 0 Å². The molecular formula is C17H18N2O4S. The Kier molecular flexibility index (Phi) is 5.28. The first kappa shape index (κ1) is 17.6. The number of nitrogens with one attached hydrogen (secondary N) is 1. The van der Waals surface area contributed by atoms with Crippen molar-refractivity contribution in [1.29, 1.82) is 0 Å². The fraction of sp³-hybridized carbons (Fsp3) is 0.0588. The van der Waals surface area contributed by atoms with Gasteiger partial charge in [-0.1, -0.05) is 24.3 Å². The smallest absolute Gasteiger partial charge is 0.296 e. The van der Waals surface area contributed by atoms with Crippen molar-refractivity contribution in [1.82, 2.24) is 0 Å². The van der Waals surface area contributed by atoms with Gasteiger partial charge in [0.05, 0.1) is 5.69 Å². The van der Waals surface area contributed by atoms with Crippen LogP contribution in [0.3, 0.4) is 0 Å². The summed E-state index contributed by atoms with van der Waals surface area (Å²) in [5.41, 5.74) is 6.37. The highest BCUT2D eigenvalue weighted by atomic mass is 32.2. The lowest BCUT2D eigenvalue weighted by Gasteiger charge is -2.03. The van der Waals surface area contributed by atoms with Gasteiger partial charge in [0.2, 0.25) is 0 Å². The summed E-state index contributed by atoms with van der Waals surface area (Å²) in [6.45, 7) is 0. The number of phenolic OH excluding ortho intramolecular Hbond substituents is 1. The van der Waals surface area contributed by atoms with E-state index >= 15 is 0 Å². The zero-order valence-electron chi connectivity index (χ0n) is 13.0. The van der Waals surface area contributed by atoms with Gasteiger partial charge in [0.1, 0.15) is 10.6 Å². The highest BCUT2D eigenvalue weighted by molar-refractivity contribution is 7.86. The summed E-state index contributed by atoms with van der Waals surface area (Å²) < 4.78 is 29.6. The van der Waals surface area contributed by atoms with Crippen LogP contribution in [0.2, 0.25) is 0 Å². The van der Waals surface area contributed by atoms with Crippen molar-refractivity contribution in [2.24, 2.45) is 0 Å². The van der Waals surface area contributed by atoms with Crippen molar-refractivity contribution < 1.29 is 18.1 Å². The maximum absolute atomic E-state index is 10.5. The minimum Gasteiger partial charge on any atom is -0.507 e. The summed E-state index contributed by atoms with van der Waals surface area (Å²) in [7, 11) is -2.28. The zero-order valence-corrected chi connectivity index (χ0v) is 13.8. The Morgan fingerprint density at radius 1 is 1.00 bits per heavy atom. The van der Waals surface area contributed by atoms with Crippen LogP contribution in [0.15, 0.2) is 65.6 Å². The number of hydrogen-bond acceptors (Lipinski definition) is 5. The van der Waals surface area contributed by atoms with Crippen LogP contribution in [-0.4, -0.2) is 25.1 Å². The second kappa shape index (κ2) is 7.20. The number of benzene rings is 3. The Morgan fingerprint density at radius 2 is 1.71 bits per heavy atom. The molecule has 5 N–H and O–H groups in total. The lowest BCUT2D eigenvalue weighted by atomic mass is 10.1. The van der Waals surface area contributed by atoms with Gasteiger partial charge < -0.3 is 16.2 Å². The van der Waals surface area contributed by atoms with Crippen molar-refractivity contribution in [3.05, 3.63) is 60.7 Å². The molecule has 0 aliphatic rings. The van der Waals surface area contributed by atoms with Gasteiger partial charge >= 0.3 is 0 Å². The number of para-hydroxylation sites is 1. The molecule has 0 heterocycles. The molecule has 3 rings (SSSR count). The number of anilines is 2. The van der Waals surface area contributed by atoms with Gasteiger partial charge in [0.15, 0.2) is 0 Å². The molecule has 0 atom stereocenters. The molecule has 0 spiro atoms. The predicted molar refractivity (Wildman–Crippen MR) is 95.8 cm³/mol. The molecule has 3 aromatic carbocycles. The number of hydrogen-bond donors (Lipinski definition) is 4. The van der Waals surface area contributed by atoms with Crippen LogP contribution in [0.5, 0.6) is 5.75 Å². The van der Waals surface area contributed by atoms with Crippen molar-refractivity contribution in [3.8, 4) is 5.75 Å². The highest BCUT2D eigenvalue weighted by Crippen LogP contribution is 2.26. The molecular weight excluding hydrogens is 328 g/mol. The van der Waals surface area contributed by atoms with Crippen molar-refractivity contribution in [2.45, 2.75) is 4.90 Å². The summed E-state index contributed by atoms with van der Waals surface area (Å²) >= 11 is 0. The topological polar surface area (TPSA) is 113 Å². The quantitative estimate of drug-likeness (QED) is 0.419. The van der Waals surface area contributed by atoms with Crippen molar-refractivity contribution >= 4 is 32.3 Å². The monoisotopic (exact) mass is 346 g/mol. The van der Waals surface area contributed by atoms with Gasteiger partial charge in [-0.15, -0.1) is 0 Å². The molecule has 126 valence electrons. The minimum absolute atomic E-state index is 0.0509. The van der Waals surface area contributed by atoms with E-state index in [2.05, 4.69) is 5.32 Å². The SMILES string of the molecule is CNc1ccc2c(O)cccc2c1.Nc1ccccc1S(=O)(=O)O. The summed E-state index contributed by atoms with van der Waals surface area (Å²) in [6, 6.07) is 17.1. The Hall–Kier alpha value is -2.77. The lowest BCUT2D eigenvalue weighted by molar-refractivity contribution is 0.481. The molecule has 0 aromatic heterocycles. The number of fused-ring (bicyclic) bond motifs is 1. The van der Waals surface area contributed by atoms with Crippen LogP contribution in [0.4, 0.5) is 11.4 Å².